The van der Waals surface area contributed by atoms with Gasteiger partial charge in [-0.1, -0.05) is 6.92 Å². The highest BCUT2D eigenvalue weighted by molar-refractivity contribution is 7.99. The number of thioether (sulfide) groups is 1. The van der Waals surface area contributed by atoms with Crippen LogP contribution in [-0.2, 0) is 9.59 Å². The maximum Gasteiger partial charge on any atom is 0.239 e. The number of nitrogens with two attached hydrogens (primary N) is 1. The van der Waals surface area contributed by atoms with E-state index < -0.39 is 0 Å². The van der Waals surface area contributed by atoms with Crippen molar-refractivity contribution in [2.24, 2.45) is 11.7 Å². The predicted octanol–water partition coefficient (Wildman–Crippen LogP) is 0.688. The Balaban J connectivity index is 4.07. The minimum atomic E-state index is -0.106. The molecule has 19 heavy (non-hydrogen) atoms. The van der Waals surface area contributed by atoms with Gasteiger partial charge in [0.15, 0.2) is 0 Å². The summed E-state index contributed by atoms with van der Waals surface area (Å²) in [5, 5.41) is 2.79. The second-order valence-corrected chi connectivity index (χ2v) is 6.02. The molecule has 5 nitrogen and oxygen atoms in total. The van der Waals surface area contributed by atoms with Crippen LogP contribution in [0, 0.1) is 5.92 Å². The third-order valence-electron chi connectivity index (χ3n) is 2.55. The maximum atomic E-state index is 12.0. The lowest BCUT2D eigenvalue weighted by Gasteiger charge is -2.21. The molecule has 0 heterocycles. The Kier molecular flexibility index (Phi) is 9.69. The number of nitrogens with one attached hydrogen (secondary N) is 1. The van der Waals surface area contributed by atoms with E-state index in [0.717, 1.165) is 5.75 Å². The van der Waals surface area contributed by atoms with Gasteiger partial charge in [0.2, 0.25) is 11.8 Å². The van der Waals surface area contributed by atoms with Crippen molar-refractivity contribution in [2.45, 2.75) is 33.7 Å². The Morgan fingerprint density at radius 3 is 2.42 bits per heavy atom. The van der Waals surface area contributed by atoms with Crippen molar-refractivity contribution < 1.29 is 9.59 Å². The molecule has 0 saturated heterocycles. The molecule has 6 heteroatoms. The van der Waals surface area contributed by atoms with Gasteiger partial charge in [0, 0.05) is 12.6 Å². The zero-order valence-electron chi connectivity index (χ0n) is 12.4. The molecule has 0 bridgehead atoms. The fraction of sp³-hybridized carbons (Fsp3) is 0.846. The normalized spacial score (nSPS) is 12.3. The molecule has 1 atom stereocenters. The van der Waals surface area contributed by atoms with Gasteiger partial charge in [-0.15, -0.1) is 0 Å². The first kappa shape index (κ1) is 18.2. The lowest BCUT2D eigenvalue weighted by atomic mass is 10.2. The van der Waals surface area contributed by atoms with Crippen LogP contribution in [0.15, 0.2) is 0 Å². The van der Waals surface area contributed by atoms with Crippen molar-refractivity contribution in [1.29, 1.82) is 0 Å². The topological polar surface area (TPSA) is 75.4 Å². The summed E-state index contributed by atoms with van der Waals surface area (Å²) < 4.78 is 0. The van der Waals surface area contributed by atoms with Crippen LogP contribution in [0.25, 0.3) is 0 Å². The quantitative estimate of drug-likeness (QED) is 0.655. The van der Waals surface area contributed by atoms with Gasteiger partial charge in [-0.3, -0.25) is 9.59 Å². The van der Waals surface area contributed by atoms with Crippen LogP contribution in [0.4, 0.5) is 0 Å². The molecular weight excluding hydrogens is 262 g/mol. The molecule has 0 saturated carbocycles. The second kappa shape index (κ2) is 10.1. The summed E-state index contributed by atoms with van der Waals surface area (Å²) in [6.07, 6.45) is 0. The number of likely N-dealkylation sites (N-methyl/N-ethyl adjacent to an activating group) is 1. The lowest BCUT2D eigenvalue weighted by Crippen LogP contribution is -2.43. The molecule has 1 unspecified atom stereocenters. The minimum Gasteiger partial charge on any atom is -0.352 e. The third kappa shape index (κ3) is 8.88. The number of rotatable bonds is 9. The van der Waals surface area contributed by atoms with Crippen molar-refractivity contribution in [3.63, 3.8) is 0 Å². The van der Waals surface area contributed by atoms with Gasteiger partial charge in [-0.05, 0) is 39.0 Å². The molecular formula is C13H27N3O2S. The molecule has 2 amide bonds. The lowest BCUT2D eigenvalue weighted by molar-refractivity contribution is -0.134. The summed E-state index contributed by atoms with van der Waals surface area (Å²) in [7, 11) is 0. The van der Waals surface area contributed by atoms with E-state index in [1.807, 2.05) is 20.8 Å². The van der Waals surface area contributed by atoms with E-state index in [-0.39, 0.29) is 24.4 Å². The van der Waals surface area contributed by atoms with Gasteiger partial charge in [0.25, 0.3) is 0 Å². The molecule has 0 radical (unpaired) electrons. The Labute approximate surface area is 120 Å². The summed E-state index contributed by atoms with van der Waals surface area (Å²) in [6.45, 7) is 9.08. The molecule has 112 valence electrons. The molecule has 3 N–H and O–H groups in total. The SMILES string of the molecule is CCN(CC(=O)NC(C)C)C(=O)CSCC(C)CN. The highest BCUT2D eigenvalue weighted by Gasteiger charge is 2.16. The molecule has 0 fully saturated rings. The fourth-order valence-electron chi connectivity index (χ4n) is 1.42. The van der Waals surface area contributed by atoms with Crippen LogP contribution in [0.2, 0.25) is 0 Å². The van der Waals surface area contributed by atoms with Crippen LogP contribution in [-0.4, -0.2) is 53.9 Å². The average molecular weight is 289 g/mol. The first-order valence-corrected chi connectivity index (χ1v) is 7.91. The van der Waals surface area contributed by atoms with Gasteiger partial charge in [-0.25, -0.2) is 0 Å². The molecule has 0 rings (SSSR count). The molecule has 0 aromatic rings. The van der Waals surface area contributed by atoms with E-state index in [1.165, 1.54) is 0 Å². The molecule has 0 aliphatic heterocycles. The van der Waals surface area contributed by atoms with E-state index in [2.05, 4.69) is 12.2 Å². The highest BCUT2D eigenvalue weighted by atomic mass is 32.2. The van der Waals surface area contributed by atoms with E-state index in [1.54, 1.807) is 16.7 Å². The third-order valence-corrected chi connectivity index (χ3v) is 3.80. The highest BCUT2D eigenvalue weighted by Crippen LogP contribution is 2.08. The maximum absolute atomic E-state index is 12.0. The van der Waals surface area contributed by atoms with Crippen LogP contribution in [0.5, 0.6) is 0 Å². The minimum absolute atomic E-state index is 0.00984. The Morgan fingerprint density at radius 2 is 1.95 bits per heavy atom. The number of hydrogen-bond donors (Lipinski definition) is 2. The fourth-order valence-corrected chi connectivity index (χ4v) is 2.44. The summed E-state index contributed by atoms with van der Waals surface area (Å²) >= 11 is 1.58. The second-order valence-electron chi connectivity index (χ2n) is 4.99. The zero-order chi connectivity index (χ0) is 14.8. The van der Waals surface area contributed by atoms with E-state index >= 15 is 0 Å². The van der Waals surface area contributed by atoms with Crippen molar-refractivity contribution >= 4 is 23.6 Å². The smallest absolute Gasteiger partial charge is 0.239 e. The number of nitrogens with zero attached hydrogens (tertiary/aromatic N) is 1. The summed E-state index contributed by atoms with van der Waals surface area (Å²) in [5.41, 5.74) is 5.53. The van der Waals surface area contributed by atoms with Crippen molar-refractivity contribution in [3.05, 3.63) is 0 Å². The van der Waals surface area contributed by atoms with Crippen molar-refractivity contribution in [3.8, 4) is 0 Å². The summed E-state index contributed by atoms with van der Waals surface area (Å²) in [4.78, 5) is 25.2. The van der Waals surface area contributed by atoms with E-state index in [0.29, 0.717) is 24.8 Å². The van der Waals surface area contributed by atoms with E-state index in [4.69, 9.17) is 5.73 Å². The van der Waals surface area contributed by atoms with Gasteiger partial charge in [0.05, 0.1) is 12.3 Å². The largest absolute Gasteiger partial charge is 0.352 e. The standard InChI is InChI=1S/C13H27N3O2S/c1-5-16(7-12(17)15-10(2)3)13(18)9-19-8-11(4)6-14/h10-11H,5-9,14H2,1-4H3,(H,15,17). The molecule has 0 aromatic heterocycles. The first-order valence-electron chi connectivity index (χ1n) is 6.75. The van der Waals surface area contributed by atoms with Crippen molar-refractivity contribution in [1.82, 2.24) is 10.2 Å². The van der Waals surface area contributed by atoms with Gasteiger partial charge < -0.3 is 16.0 Å². The van der Waals surface area contributed by atoms with Gasteiger partial charge >= 0.3 is 0 Å². The van der Waals surface area contributed by atoms with E-state index in [9.17, 15) is 9.59 Å². The number of amides is 2. The Bertz CT molecular complexity index is 285. The van der Waals surface area contributed by atoms with Crippen LogP contribution in [0.3, 0.4) is 0 Å². The average Bonchev–Trinajstić information content (AvgIpc) is 2.34. The molecule has 0 aliphatic carbocycles. The Hall–Kier alpha value is -0.750. The summed E-state index contributed by atoms with van der Waals surface area (Å²) in [6, 6.07) is 0.0982. The molecule has 0 aromatic carbocycles. The number of carbonyl (C=O) groups excluding carboxylic acids is 2. The first-order chi connectivity index (χ1) is 8.90. The van der Waals surface area contributed by atoms with Crippen LogP contribution < -0.4 is 11.1 Å². The van der Waals surface area contributed by atoms with Gasteiger partial charge in [0.1, 0.15) is 0 Å². The predicted molar refractivity (Wildman–Crippen MR) is 81.1 cm³/mol. The van der Waals surface area contributed by atoms with Crippen LogP contribution >= 0.6 is 11.8 Å². The number of hydrogen-bond acceptors (Lipinski definition) is 4. The van der Waals surface area contributed by atoms with Gasteiger partial charge in [-0.2, -0.15) is 11.8 Å². The molecule has 0 aliphatic rings. The van der Waals surface area contributed by atoms with Crippen LogP contribution in [0.1, 0.15) is 27.7 Å². The Morgan fingerprint density at radius 1 is 1.32 bits per heavy atom. The molecule has 0 spiro atoms. The summed E-state index contributed by atoms with van der Waals surface area (Å²) in [5.74, 6) is 1.60. The number of carbonyl (C=O) groups is 2. The van der Waals surface area contributed by atoms with Crippen molar-refractivity contribution in [2.75, 3.05) is 31.1 Å². The monoisotopic (exact) mass is 289 g/mol. The zero-order valence-corrected chi connectivity index (χ0v) is 13.3.